The molecule has 1 aromatic carbocycles. The van der Waals surface area contributed by atoms with E-state index < -0.39 is 0 Å². The van der Waals surface area contributed by atoms with Crippen LogP contribution >= 0.6 is 11.8 Å². The Hall–Kier alpha value is -2.08. The molecule has 0 unspecified atom stereocenters. The first-order valence-corrected chi connectivity index (χ1v) is 7.56. The molecule has 110 valence electrons. The molecule has 1 N–H and O–H groups in total. The van der Waals surface area contributed by atoms with Crippen molar-refractivity contribution in [1.82, 2.24) is 14.9 Å². The maximum Gasteiger partial charge on any atom is 0.241 e. The second-order valence-electron chi connectivity index (χ2n) is 4.66. The molecule has 0 saturated carbocycles. The number of carbonyl (C=O) groups is 1. The summed E-state index contributed by atoms with van der Waals surface area (Å²) in [6.45, 7) is 0.217. The van der Waals surface area contributed by atoms with Crippen LogP contribution < -0.4 is 5.32 Å². The second-order valence-corrected chi connectivity index (χ2v) is 5.65. The second kappa shape index (κ2) is 7.64. The number of nitrogens with zero attached hydrogens (tertiary/aromatic N) is 3. The summed E-state index contributed by atoms with van der Waals surface area (Å²) in [6.07, 6.45) is 3.35. The van der Waals surface area contributed by atoms with E-state index in [1.54, 1.807) is 38.3 Å². The number of hydrogen-bond donors (Lipinski definition) is 1. The fraction of sp³-hybridized carbons (Fsp3) is 0.267. The maximum atomic E-state index is 11.5. The van der Waals surface area contributed by atoms with Gasteiger partial charge in [0.05, 0.1) is 18.9 Å². The van der Waals surface area contributed by atoms with Crippen LogP contribution in [0.25, 0.3) is 0 Å². The molecule has 21 heavy (non-hydrogen) atoms. The number of thioether (sulfide) groups is 1. The molecule has 0 bridgehead atoms. The number of likely N-dealkylation sites (N-methyl/N-ethyl adjacent to an activating group) is 1. The molecule has 1 amide bonds. The molecule has 0 saturated heterocycles. The number of carbonyl (C=O) groups excluding carboxylic acids is 1. The Bertz CT molecular complexity index is 589. The summed E-state index contributed by atoms with van der Waals surface area (Å²) in [5, 5.41) is 3.82. The first-order valence-electron chi connectivity index (χ1n) is 6.58. The molecule has 0 radical (unpaired) electrons. The lowest BCUT2D eigenvalue weighted by atomic mass is 10.2. The minimum absolute atomic E-state index is 0.000795. The summed E-state index contributed by atoms with van der Waals surface area (Å²) in [6, 6.07) is 10.2. The predicted octanol–water partition coefficient (Wildman–Crippen LogP) is 2.27. The monoisotopic (exact) mass is 302 g/mol. The van der Waals surface area contributed by atoms with Crippen molar-refractivity contribution in [2.24, 2.45) is 0 Å². The van der Waals surface area contributed by atoms with Crippen LogP contribution in [0.5, 0.6) is 0 Å². The van der Waals surface area contributed by atoms with Gasteiger partial charge in [0.15, 0.2) is 0 Å². The van der Waals surface area contributed by atoms with Crippen LogP contribution in [0.15, 0.2) is 47.8 Å². The third-order valence-corrected chi connectivity index (χ3v) is 3.73. The van der Waals surface area contributed by atoms with Crippen LogP contribution in [0.4, 0.5) is 5.82 Å². The van der Waals surface area contributed by atoms with Gasteiger partial charge in [0, 0.05) is 19.8 Å². The Morgan fingerprint density at radius 1 is 1.24 bits per heavy atom. The summed E-state index contributed by atoms with van der Waals surface area (Å²) in [5.41, 5.74) is 1.24. The van der Waals surface area contributed by atoms with Gasteiger partial charge in [-0.1, -0.05) is 30.3 Å². The van der Waals surface area contributed by atoms with E-state index in [1.165, 1.54) is 10.5 Å². The number of anilines is 1. The van der Waals surface area contributed by atoms with Gasteiger partial charge in [-0.3, -0.25) is 9.78 Å². The smallest absolute Gasteiger partial charge is 0.241 e. The largest absolute Gasteiger partial charge is 0.360 e. The predicted molar refractivity (Wildman–Crippen MR) is 85.2 cm³/mol. The summed E-state index contributed by atoms with van der Waals surface area (Å²) in [5.74, 6) is 1.46. The molecular weight excluding hydrogens is 284 g/mol. The molecule has 0 fully saturated rings. The number of rotatable bonds is 6. The van der Waals surface area contributed by atoms with Gasteiger partial charge in [-0.15, -0.1) is 11.8 Å². The van der Waals surface area contributed by atoms with Crippen LogP contribution in [-0.4, -0.2) is 41.4 Å². The van der Waals surface area contributed by atoms with E-state index in [0.717, 1.165) is 10.8 Å². The fourth-order valence-corrected chi connectivity index (χ4v) is 2.36. The summed E-state index contributed by atoms with van der Waals surface area (Å²) < 4.78 is 0. The van der Waals surface area contributed by atoms with E-state index in [4.69, 9.17) is 0 Å². The number of benzene rings is 1. The average Bonchev–Trinajstić information content (AvgIpc) is 2.52. The van der Waals surface area contributed by atoms with Crippen molar-refractivity contribution in [3.63, 3.8) is 0 Å². The normalized spacial score (nSPS) is 10.2. The highest BCUT2D eigenvalue weighted by molar-refractivity contribution is 7.98. The molecule has 1 aromatic heterocycles. The van der Waals surface area contributed by atoms with Crippen molar-refractivity contribution < 1.29 is 4.79 Å². The van der Waals surface area contributed by atoms with Gasteiger partial charge in [-0.2, -0.15) is 0 Å². The minimum Gasteiger partial charge on any atom is -0.360 e. The van der Waals surface area contributed by atoms with Crippen molar-refractivity contribution in [3.05, 3.63) is 48.3 Å². The molecule has 6 heteroatoms. The van der Waals surface area contributed by atoms with Gasteiger partial charge in [-0.25, -0.2) is 4.98 Å². The van der Waals surface area contributed by atoms with Gasteiger partial charge < -0.3 is 10.2 Å². The van der Waals surface area contributed by atoms with Crippen LogP contribution in [-0.2, 0) is 10.5 Å². The standard InChI is InChI=1S/C15H18N4OS/c1-19(2)15(20)10-17-13-8-16-9-14(18-13)21-11-12-6-4-3-5-7-12/h3-9H,10-11H2,1-2H3,(H,17,18). The lowest BCUT2D eigenvalue weighted by Crippen LogP contribution is -2.28. The van der Waals surface area contributed by atoms with Gasteiger partial charge in [-0.05, 0) is 5.56 Å². The van der Waals surface area contributed by atoms with E-state index in [-0.39, 0.29) is 12.5 Å². The third-order valence-electron chi connectivity index (χ3n) is 2.76. The number of hydrogen-bond acceptors (Lipinski definition) is 5. The number of nitrogens with one attached hydrogen (secondary N) is 1. The number of aromatic nitrogens is 2. The minimum atomic E-state index is -0.000795. The van der Waals surface area contributed by atoms with Crippen LogP contribution in [0.2, 0.25) is 0 Å². The Labute approximate surface area is 128 Å². The molecule has 5 nitrogen and oxygen atoms in total. The third kappa shape index (κ3) is 5.07. The van der Waals surface area contributed by atoms with Gasteiger partial charge in [0.25, 0.3) is 0 Å². The molecule has 0 atom stereocenters. The Balaban J connectivity index is 1.90. The lowest BCUT2D eigenvalue weighted by Gasteiger charge is -2.11. The highest BCUT2D eigenvalue weighted by Crippen LogP contribution is 2.20. The summed E-state index contributed by atoms with van der Waals surface area (Å²) >= 11 is 1.62. The highest BCUT2D eigenvalue weighted by Gasteiger charge is 2.05. The van der Waals surface area contributed by atoms with E-state index >= 15 is 0 Å². The average molecular weight is 302 g/mol. The van der Waals surface area contributed by atoms with Crippen LogP contribution in [0.1, 0.15) is 5.56 Å². The SMILES string of the molecule is CN(C)C(=O)CNc1cncc(SCc2ccccc2)n1. The van der Waals surface area contributed by atoms with E-state index in [2.05, 4.69) is 27.4 Å². The van der Waals surface area contributed by atoms with Crippen LogP contribution in [0, 0.1) is 0 Å². The quantitative estimate of drug-likeness (QED) is 0.830. The zero-order valence-corrected chi connectivity index (χ0v) is 12.9. The first-order chi connectivity index (χ1) is 10.1. The van der Waals surface area contributed by atoms with Crippen molar-refractivity contribution in [3.8, 4) is 0 Å². The number of amides is 1. The molecule has 1 heterocycles. The van der Waals surface area contributed by atoms with Gasteiger partial charge in [0.2, 0.25) is 5.91 Å². The lowest BCUT2D eigenvalue weighted by molar-refractivity contribution is -0.126. The zero-order valence-electron chi connectivity index (χ0n) is 12.1. The van der Waals surface area contributed by atoms with Crippen molar-refractivity contribution in [2.75, 3.05) is 26.0 Å². The van der Waals surface area contributed by atoms with E-state index in [1.807, 2.05) is 18.2 Å². The van der Waals surface area contributed by atoms with Gasteiger partial charge in [0.1, 0.15) is 10.8 Å². The summed E-state index contributed by atoms with van der Waals surface area (Å²) in [7, 11) is 3.45. The van der Waals surface area contributed by atoms with Crippen molar-refractivity contribution in [2.45, 2.75) is 10.8 Å². The molecule has 2 aromatic rings. The summed E-state index contributed by atoms with van der Waals surface area (Å²) in [4.78, 5) is 21.6. The van der Waals surface area contributed by atoms with E-state index in [9.17, 15) is 4.79 Å². The first kappa shape index (κ1) is 15.3. The Morgan fingerprint density at radius 3 is 2.71 bits per heavy atom. The van der Waals surface area contributed by atoms with E-state index in [0.29, 0.717) is 5.82 Å². The molecule has 0 aliphatic rings. The Morgan fingerprint density at radius 2 is 2.00 bits per heavy atom. The van der Waals surface area contributed by atoms with Crippen molar-refractivity contribution >= 4 is 23.5 Å². The Kier molecular flexibility index (Phi) is 5.57. The molecular formula is C15H18N4OS. The van der Waals surface area contributed by atoms with Crippen LogP contribution in [0.3, 0.4) is 0 Å². The van der Waals surface area contributed by atoms with Gasteiger partial charge >= 0.3 is 0 Å². The molecule has 0 aliphatic heterocycles. The zero-order chi connectivity index (χ0) is 15.1. The highest BCUT2D eigenvalue weighted by atomic mass is 32.2. The molecule has 2 rings (SSSR count). The maximum absolute atomic E-state index is 11.5. The molecule has 0 aliphatic carbocycles. The fourth-order valence-electron chi connectivity index (χ4n) is 1.56. The molecule has 0 spiro atoms. The van der Waals surface area contributed by atoms with Crippen molar-refractivity contribution in [1.29, 1.82) is 0 Å². The topological polar surface area (TPSA) is 58.1 Å².